The second kappa shape index (κ2) is 5.72. The van der Waals surface area contributed by atoms with Gasteiger partial charge in [-0.15, -0.1) is 0 Å². The van der Waals surface area contributed by atoms with Crippen LogP contribution in [0.1, 0.15) is 31.7 Å². The largest absolute Gasteiger partial charge is 0.352 e. The number of piperidine rings is 1. The van der Waals surface area contributed by atoms with Gasteiger partial charge in [-0.2, -0.15) is 0 Å². The number of carbonyl (C=O) groups excluding carboxylic acids is 3. The number of para-hydroxylation sites is 1. The van der Waals surface area contributed by atoms with Crippen LogP contribution in [0, 0.1) is 17.8 Å². The van der Waals surface area contributed by atoms with Crippen molar-refractivity contribution in [3.05, 3.63) is 29.8 Å². The van der Waals surface area contributed by atoms with Crippen LogP contribution in [0.2, 0.25) is 0 Å². The van der Waals surface area contributed by atoms with E-state index in [0.29, 0.717) is 25.3 Å². The first-order valence-electron chi connectivity index (χ1n) is 8.77. The second-order valence-corrected chi connectivity index (χ2v) is 7.39. The van der Waals surface area contributed by atoms with Crippen molar-refractivity contribution in [2.45, 2.75) is 38.6 Å². The molecule has 1 aromatic rings. The maximum Gasteiger partial charge on any atom is 0.239 e. The molecule has 0 aromatic heterocycles. The molecule has 4 atom stereocenters. The van der Waals surface area contributed by atoms with Gasteiger partial charge in [-0.25, -0.2) is 0 Å². The molecular weight excluding hydrogens is 304 g/mol. The summed E-state index contributed by atoms with van der Waals surface area (Å²) in [7, 11) is 0. The van der Waals surface area contributed by atoms with Crippen molar-refractivity contribution in [1.29, 1.82) is 0 Å². The molecule has 1 aliphatic carbocycles. The van der Waals surface area contributed by atoms with Gasteiger partial charge in [0.1, 0.15) is 11.7 Å². The lowest BCUT2D eigenvalue weighted by atomic mass is 9.71. The highest BCUT2D eigenvalue weighted by molar-refractivity contribution is 6.09. The van der Waals surface area contributed by atoms with E-state index in [9.17, 15) is 14.4 Å². The Labute approximate surface area is 141 Å². The number of ketones is 1. The van der Waals surface area contributed by atoms with Gasteiger partial charge >= 0.3 is 0 Å². The predicted molar refractivity (Wildman–Crippen MR) is 89.4 cm³/mol. The molecular formula is C19H22N2O3. The Hall–Kier alpha value is -2.17. The van der Waals surface area contributed by atoms with Crippen LogP contribution in [-0.4, -0.2) is 30.2 Å². The van der Waals surface area contributed by atoms with Crippen LogP contribution in [0.15, 0.2) is 24.3 Å². The van der Waals surface area contributed by atoms with Gasteiger partial charge in [0.25, 0.3) is 0 Å². The molecule has 1 N–H and O–H groups in total. The first kappa shape index (κ1) is 15.4. The average Bonchev–Trinajstić information content (AvgIpc) is 2.97. The minimum Gasteiger partial charge on any atom is -0.352 e. The van der Waals surface area contributed by atoms with Crippen molar-refractivity contribution >= 4 is 23.3 Å². The van der Waals surface area contributed by atoms with E-state index in [2.05, 4.69) is 5.32 Å². The van der Waals surface area contributed by atoms with Gasteiger partial charge < -0.3 is 10.2 Å². The molecule has 5 heteroatoms. The summed E-state index contributed by atoms with van der Waals surface area (Å²) >= 11 is 0. The van der Waals surface area contributed by atoms with Crippen LogP contribution in [0.25, 0.3) is 0 Å². The monoisotopic (exact) mass is 326 g/mol. The summed E-state index contributed by atoms with van der Waals surface area (Å²) < 4.78 is 0. The SMILES string of the molecule is CC1CC(=O)C2CC(C(=O)N3CCc4ccccc43)C(=O)NC2C1. The Balaban J connectivity index is 1.55. The topological polar surface area (TPSA) is 66.5 Å². The summed E-state index contributed by atoms with van der Waals surface area (Å²) in [5.74, 6) is -0.828. The Kier molecular flexibility index (Phi) is 3.66. The summed E-state index contributed by atoms with van der Waals surface area (Å²) in [5.41, 5.74) is 2.04. The number of fused-ring (bicyclic) bond motifs is 2. The number of anilines is 1. The van der Waals surface area contributed by atoms with Crippen molar-refractivity contribution in [2.24, 2.45) is 17.8 Å². The summed E-state index contributed by atoms with van der Waals surface area (Å²) in [4.78, 5) is 39.6. The maximum atomic E-state index is 13.0. The van der Waals surface area contributed by atoms with Crippen molar-refractivity contribution in [2.75, 3.05) is 11.4 Å². The predicted octanol–water partition coefficient (Wildman–Crippen LogP) is 1.70. The fourth-order valence-electron chi connectivity index (χ4n) is 4.47. The summed E-state index contributed by atoms with van der Waals surface area (Å²) in [5, 5.41) is 2.95. The standard InChI is InChI=1S/C19H22N2O3/c1-11-8-15-13(17(22)9-11)10-14(18(23)20-15)19(24)21-7-6-12-4-2-3-5-16(12)21/h2-5,11,13-15H,6-10H2,1H3,(H,20,23). The number of Topliss-reactive ketones (excluding diaryl/α,β-unsaturated/α-hetero) is 1. The third kappa shape index (κ3) is 2.43. The van der Waals surface area contributed by atoms with Gasteiger partial charge in [0.2, 0.25) is 11.8 Å². The molecule has 5 nitrogen and oxygen atoms in total. The van der Waals surface area contributed by atoms with E-state index in [-0.39, 0.29) is 29.6 Å². The number of nitrogens with zero attached hydrogens (tertiary/aromatic N) is 1. The molecule has 0 bridgehead atoms. The summed E-state index contributed by atoms with van der Waals surface area (Å²) in [6.07, 6.45) is 2.57. The molecule has 0 spiro atoms. The molecule has 4 rings (SSSR count). The number of hydrogen-bond donors (Lipinski definition) is 1. The van der Waals surface area contributed by atoms with E-state index in [1.807, 2.05) is 31.2 Å². The van der Waals surface area contributed by atoms with E-state index in [1.54, 1.807) is 4.90 Å². The molecule has 126 valence electrons. The number of hydrogen-bond acceptors (Lipinski definition) is 3. The van der Waals surface area contributed by atoms with E-state index in [0.717, 1.165) is 24.1 Å². The van der Waals surface area contributed by atoms with Crippen LogP contribution < -0.4 is 10.2 Å². The molecule has 0 radical (unpaired) electrons. The van der Waals surface area contributed by atoms with Gasteiger partial charge in [-0.1, -0.05) is 25.1 Å². The molecule has 4 unspecified atom stereocenters. The summed E-state index contributed by atoms with van der Waals surface area (Å²) in [6, 6.07) is 7.73. The van der Waals surface area contributed by atoms with Crippen molar-refractivity contribution in [3.8, 4) is 0 Å². The highest BCUT2D eigenvalue weighted by atomic mass is 16.2. The summed E-state index contributed by atoms with van der Waals surface area (Å²) in [6.45, 7) is 2.65. The molecule has 2 heterocycles. The number of rotatable bonds is 1. The Bertz CT molecular complexity index is 714. The van der Waals surface area contributed by atoms with Crippen LogP contribution in [0.4, 0.5) is 5.69 Å². The molecule has 3 aliphatic rings. The van der Waals surface area contributed by atoms with Crippen LogP contribution in [0.3, 0.4) is 0 Å². The van der Waals surface area contributed by atoms with Crippen LogP contribution >= 0.6 is 0 Å². The fourth-order valence-corrected chi connectivity index (χ4v) is 4.47. The zero-order valence-corrected chi connectivity index (χ0v) is 13.8. The zero-order chi connectivity index (χ0) is 16.8. The highest BCUT2D eigenvalue weighted by Gasteiger charge is 2.46. The van der Waals surface area contributed by atoms with Gasteiger partial charge in [-0.05, 0) is 36.8 Å². The zero-order valence-electron chi connectivity index (χ0n) is 13.8. The van der Waals surface area contributed by atoms with Crippen molar-refractivity contribution in [3.63, 3.8) is 0 Å². The van der Waals surface area contributed by atoms with Crippen molar-refractivity contribution in [1.82, 2.24) is 5.32 Å². The first-order chi connectivity index (χ1) is 11.5. The molecule has 1 aromatic carbocycles. The minimum atomic E-state index is -0.741. The van der Waals surface area contributed by atoms with E-state index < -0.39 is 5.92 Å². The highest BCUT2D eigenvalue weighted by Crippen LogP contribution is 2.36. The smallest absolute Gasteiger partial charge is 0.239 e. The lowest BCUT2D eigenvalue weighted by Crippen LogP contribution is -2.57. The van der Waals surface area contributed by atoms with Gasteiger partial charge in [0.15, 0.2) is 0 Å². The van der Waals surface area contributed by atoms with Gasteiger partial charge in [0, 0.05) is 30.6 Å². The fraction of sp³-hybridized carbons (Fsp3) is 0.526. The Morgan fingerprint density at radius 3 is 2.83 bits per heavy atom. The molecule has 2 fully saturated rings. The number of nitrogens with one attached hydrogen (secondary N) is 1. The molecule has 1 saturated heterocycles. The molecule has 1 saturated carbocycles. The Morgan fingerprint density at radius 2 is 2.00 bits per heavy atom. The molecule has 2 aliphatic heterocycles. The van der Waals surface area contributed by atoms with Crippen molar-refractivity contribution < 1.29 is 14.4 Å². The molecule has 24 heavy (non-hydrogen) atoms. The first-order valence-corrected chi connectivity index (χ1v) is 8.77. The molecule has 2 amide bonds. The second-order valence-electron chi connectivity index (χ2n) is 7.39. The van der Waals surface area contributed by atoms with E-state index in [1.165, 1.54) is 0 Å². The van der Waals surface area contributed by atoms with E-state index >= 15 is 0 Å². The average molecular weight is 326 g/mol. The van der Waals surface area contributed by atoms with Crippen LogP contribution in [0.5, 0.6) is 0 Å². The number of carbonyl (C=O) groups is 3. The lowest BCUT2D eigenvalue weighted by Gasteiger charge is -2.40. The lowest BCUT2D eigenvalue weighted by molar-refractivity contribution is -0.141. The third-order valence-corrected chi connectivity index (χ3v) is 5.69. The van der Waals surface area contributed by atoms with E-state index in [4.69, 9.17) is 0 Å². The van der Waals surface area contributed by atoms with Gasteiger partial charge in [-0.3, -0.25) is 14.4 Å². The third-order valence-electron chi connectivity index (χ3n) is 5.69. The maximum absolute atomic E-state index is 13.0. The minimum absolute atomic E-state index is 0.0938. The Morgan fingerprint density at radius 1 is 1.21 bits per heavy atom. The normalized spacial score (nSPS) is 32.1. The van der Waals surface area contributed by atoms with Gasteiger partial charge in [0.05, 0.1) is 0 Å². The number of amides is 2. The quantitative estimate of drug-likeness (QED) is 0.799. The number of benzene rings is 1. The van der Waals surface area contributed by atoms with Crippen LogP contribution in [-0.2, 0) is 20.8 Å².